The first-order valence-electron chi connectivity index (χ1n) is 6.56. The zero-order valence-electron chi connectivity index (χ0n) is 12.1. The maximum absolute atomic E-state index is 12.4. The third kappa shape index (κ3) is 4.09. The standard InChI is InChI=1S/C13H14F2N4O3S/c1-9(6-19-8-16-7-17-19)18-12(20)10-2-4-11(5-3-10)23(21,22)13(14)15/h2-5,7-9,13H,6H2,1H3,(H,18,20)/t9-/m1/s1. The van der Waals surface area contributed by atoms with Crippen molar-refractivity contribution in [2.24, 2.45) is 0 Å². The Morgan fingerprint density at radius 2 is 1.96 bits per heavy atom. The number of nitrogens with one attached hydrogen (secondary N) is 1. The Labute approximate surface area is 131 Å². The molecule has 1 N–H and O–H groups in total. The second kappa shape index (κ2) is 6.82. The maximum Gasteiger partial charge on any atom is 0.341 e. The Hall–Kier alpha value is -2.36. The molecule has 124 valence electrons. The molecule has 0 saturated heterocycles. The topological polar surface area (TPSA) is 93.9 Å². The van der Waals surface area contributed by atoms with E-state index >= 15 is 0 Å². The van der Waals surface area contributed by atoms with E-state index in [0.29, 0.717) is 6.54 Å². The van der Waals surface area contributed by atoms with Crippen LogP contribution in [0.2, 0.25) is 0 Å². The molecule has 1 heterocycles. The molecule has 23 heavy (non-hydrogen) atoms. The fourth-order valence-electron chi connectivity index (χ4n) is 1.86. The Morgan fingerprint density at radius 3 is 2.48 bits per heavy atom. The lowest BCUT2D eigenvalue weighted by Gasteiger charge is -2.13. The zero-order chi connectivity index (χ0) is 17.0. The Bertz CT molecular complexity index is 761. The summed E-state index contributed by atoms with van der Waals surface area (Å²) in [4.78, 5) is 15.3. The lowest BCUT2D eigenvalue weighted by Crippen LogP contribution is -2.35. The molecular weight excluding hydrogens is 330 g/mol. The fourth-order valence-corrected chi connectivity index (χ4v) is 2.58. The van der Waals surface area contributed by atoms with Crippen molar-refractivity contribution in [2.45, 2.75) is 30.2 Å². The number of hydrogen-bond acceptors (Lipinski definition) is 5. The minimum atomic E-state index is -4.66. The molecule has 0 spiro atoms. The van der Waals surface area contributed by atoms with Gasteiger partial charge in [0.2, 0.25) is 9.84 Å². The van der Waals surface area contributed by atoms with Crippen LogP contribution in [0.5, 0.6) is 0 Å². The van der Waals surface area contributed by atoms with Gasteiger partial charge in [0.1, 0.15) is 12.7 Å². The average molecular weight is 344 g/mol. The van der Waals surface area contributed by atoms with E-state index in [1.54, 1.807) is 11.6 Å². The van der Waals surface area contributed by atoms with Crippen molar-refractivity contribution in [3.8, 4) is 0 Å². The molecule has 0 fully saturated rings. The summed E-state index contributed by atoms with van der Waals surface area (Å²) in [6.07, 6.45) is 2.88. The SMILES string of the molecule is C[C@H](Cn1cncn1)NC(=O)c1ccc(S(=O)(=O)C(F)F)cc1. The van der Waals surface area contributed by atoms with Gasteiger partial charge in [-0.15, -0.1) is 0 Å². The molecule has 0 unspecified atom stereocenters. The summed E-state index contributed by atoms with van der Waals surface area (Å²) >= 11 is 0. The molecule has 1 aromatic carbocycles. The highest BCUT2D eigenvalue weighted by Gasteiger charge is 2.26. The van der Waals surface area contributed by atoms with E-state index in [-0.39, 0.29) is 11.6 Å². The molecule has 0 saturated carbocycles. The van der Waals surface area contributed by atoms with Crippen LogP contribution in [0.25, 0.3) is 0 Å². The van der Waals surface area contributed by atoms with Crippen molar-refractivity contribution in [3.63, 3.8) is 0 Å². The van der Waals surface area contributed by atoms with Crippen LogP contribution in [0.3, 0.4) is 0 Å². The Balaban J connectivity index is 2.03. The maximum atomic E-state index is 12.4. The quantitative estimate of drug-likeness (QED) is 0.847. The Morgan fingerprint density at radius 1 is 1.30 bits per heavy atom. The van der Waals surface area contributed by atoms with Crippen molar-refractivity contribution >= 4 is 15.7 Å². The molecule has 0 aliphatic carbocycles. The number of carbonyl (C=O) groups excluding carboxylic acids is 1. The molecule has 7 nitrogen and oxygen atoms in total. The molecule has 1 atom stereocenters. The number of halogens is 2. The highest BCUT2D eigenvalue weighted by molar-refractivity contribution is 7.91. The van der Waals surface area contributed by atoms with Crippen LogP contribution in [-0.4, -0.2) is 40.9 Å². The van der Waals surface area contributed by atoms with E-state index in [1.807, 2.05) is 0 Å². The van der Waals surface area contributed by atoms with Gasteiger partial charge in [0.05, 0.1) is 11.4 Å². The van der Waals surface area contributed by atoms with Crippen molar-refractivity contribution in [3.05, 3.63) is 42.5 Å². The van der Waals surface area contributed by atoms with E-state index < -0.39 is 26.4 Å². The molecular formula is C13H14F2N4O3S. The number of amides is 1. The van der Waals surface area contributed by atoms with E-state index in [2.05, 4.69) is 15.4 Å². The fraction of sp³-hybridized carbons (Fsp3) is 0.308. The average Bonchev–Trinajstić information content (AvgIpc) is 2.99. The second-order valence-corrected chi connectivity index (χ2v) is 6.74. The first-order chi connectivity index (χ1) is 10.8. The van der Waals surface area contributed by atoms with Crippen LogP contribution in [0, 0.1) is 0 Å². The van der Waals surface area contributed by atoms with E-state index in [9.17, 15) is 22.0 Å². The summed E-state index contributed by atoms with van der Waals surface area (Å²) in [5.41, 5.74) is 0.170. The molecule has 0 radical (unpaired) electrons. The van der Waals surface area contributed by atoms with Gasteiger partial charge in [0.15, 0.2) is 0 Å². The predicted octanol–water partition coefficient (Wildman–Crippen LogP) is 1.09. The van der Waals surface area contributed by atoms with Crippen LogP contribution in [0.15, 0.2) is 41.8 Å². The van der Waals surface area contributed by atoms with Crippen molar-refractivity contribution in [1.82, 2.24) is 20.1 Å². The summed E-state index contributed by atoms with van der Waals surface area (Å²) in [5, 5.41) is 6.60. The van der Waals surface area contributed by atoms with Gasteiger partial charge in [-0.1, -0.05) is 0 Å². The van der Waals surface area contributed by atoms with Crippen LogP contribution in [0.1, 0.15) is 17.3 Å². The first kappa shape index (κ1) is 17.0. The summed E-state index contributed by atoms with van der Waals surface area (Å²) in [6, 6.07) is 4.09. The smallest absolute Gasteiger partial charge is 0.341 e. The van der Waals surface area contributed by atoms with Crippen molar-refractivity contribution < 1.29 is 22.0 Å². The highest BCUT2D eigenvalue weighted by atomic mass is 32.2. The van der Waals surface area contributed by atoms with Crippen LogP contribution in [0.4, 0.5) is 8.78 Å². The lowest BCUT2D eigenvalue weighted by atomic mass is 10.2. The molecule has 1 amide bonds. The van der Waals surface area contributed by atoms with Gasteiger partial charge in [-0.25, -0.2) is 13.4 Å². The van der Waals surface area contributed by atoms with Crippen LogP contribution < -0.4 is 5.32 Å². The minimum Gasteiger partial charge on any atom is -0.348 e. The number of sulfone groups is 1. The van der Waals surface area contributed by atoms with E-state index in [0.717, 1.165) is 12.1 Å². The number of rotatable bonds is 6. The van der Waals surface area contributed by atoms with E-state index in [4.69, 9.17) is 0 Å². The van der Waals surface area contributed by atoms with Crippen LogP contribution in [-0.2, 0) is 16.4 Å². The third-order valence-electron chi connectivity index (χ3n) is 2.98. The van der Waals surface area contributed by atoms with E-state index in [1.165, 1.54) is 24.8 Å². The molecule has 10 heteroatoms. The van der Waals surface area contributed by atoms with Gasteiger partial charge in [-0.3, -0.25) is 9.48 Å². The highest BCUT2D eigenvalue weighted by Crippen LogP contribution is 2.18. The number of carbonyl (C=O) groups is 1. The number of nitrogens with zero attached hydrogens (tertiary/aromatic N) is 3. The summed E-state index contributed by atoms with van der Waals surface area (Å²) in [5.74, 6) is -3.94. The van der Waals surface area contributed by atoms with Crippen molar-refractivity contribution in [1.29, 1.82) is 0 Å². The van der Waals surface area contributed by atoms with Gasteiger partial charge in [-0.2, -0.15) is 13.9 Å². The molecule has 2 aromatic rings. The van der Waals surface area contributed by atoms with Gasteiger partial charge >= 0.3 is 5.76 Å². The largest absolute Gasteiger partial charge is 0.348 e. The lowest BCUT2D eigenvalue weighted by molar-refractivity contribution is 0.0936. The number of aromatic nitrogens is 3. The predicted molar refractivity (Wildman–Crippen MR) is 76.6 cm³/mol. The molecule has 0 aliphatic heterocycles. The van der Waals surface area contributed by atoms with Crippen molar-refractivity contribution in [2.75, 3.05) is 0 Å². The minimum absolute atomic E-state index is 0.170. The summed E-state index contributed by atoms with van der Waals surface area (Å²) in [7, 11) is -4.66. The first-order valence-corrected chi connectivity index (χ1v) is 8.10. The molecule has 2 rings (SSSR count). The summed E-state index contributed by atoms with van der Waals surface area (Å²) in [6.45, 7) is 2.17. The molecule has 0 aliphatic rings. The Kier molecular flexibility index (Phi) is 5.04. The van der Waals surface area contributed by atoms with Crippen LogP contribution >= 0.6 is 0 Å². The number of benzene rings is 1. The molecule has 0 bridgehead atoms. The number of hydrogen-bond donors (Lipinski definition) is 1. The zero-order valence-corrected chi connectivity index (χ0v) is 12.9. The van der Waals surface area contributed by atoms with Gasteiger partial charge < -0.3 is 5.32 Å². The second-order valence-electron chi connectivity index (χ2n) is 4.82. The molecule has 1 aromatic heterocycles. The third-order valence-corrected chi connectivity index (χ3v) is 4.38. The van der Waals surface area contributed by atoms with Gasteiger partial charge in [0, 0.05) is 11.6 Å². The van der Waals surface area contributed by atoms with Gasteiger partial charge in [-0.05, 0) is 31.2 Å². The summed E-state index contributed by atoms with van der Waals surface area (Å²) < 4.78 is 49.0. The number of alkyl halides is 2. The monoisotopic (exact) mass is 344 g/mol. The van der Waals surface area contributed by atoms with Gasteiger partial charge in [0.25, 0.3) is 5.91 Å². The normalized spacial score (nSPS) is 13.0.